The van der Waals surface area contributed by atoms with Crippen molar-refractivity contribution in [2.24, 2.45) is 5.73 Å². The van der Waals surface area contributed by atoms with Gasteiger partial charge in [-0.05, 0) is 25.7 Å². The van der Waals surface area contributed by atoms with Crippen LogP contribution in [0.5, 0.6) is 0 Å². The third-order valence-electron chi connectivity index (χ3n) is 1.94. The Bertz CT molecular complexity index is 75.0. The van der Waals surface area contributed by atoms with E-state index in [9.17, 15) is 0 Å². The van der Waals surface area contributed by atoms with Crippen LogP contribution in [0.15, 0.2) is 0 Å². The molecule has 0 aromatic heterocycles. The lowest BCUT2D eigenvalue weighted by atomic mass is 10.1. The fourth-order valence-corrected chi connectivity index (χ4v) is 1.87. The van der Waals surface area contributed by atoms with Gasteiger partial charge in [-0.3, -0.25) is 0 Å². The van der Waals surface area contributed by atoms with Gasteiger partial charge in [-0.15, -0.1) is 0 Å². The van der Waals surface area contributed by atoms with Gasteiger partial charge in [0.2, 0.25) is 0 Å². The Labute approximate surface area is 65.1 Å². The molecule has 2 N–H and O–H groups in total. The zero-order valence-electron chi connectivity index (χ0n) is 5.65. The average Bonchev–Trinajstić information content (AvgIpc) is 1.97. The standard InChI is InChI=1S/C7H14BrN/c8-6-2-1-3-7(9)5-4-6/h6-7H,1-5,9H2. The second-order valence-corrected chi connectivity index (χ2v) is 4.16. The van der Waals surface area contributed by atoms with Gasteiger partial charge in [0.1, 0.15) is 0 Å². The summed E-state index contributed by atoms with van der Waals surface area (Å²) in [6.45, 7) is 0. The predicted octanol–water partition coefficient (Wildman–Crippen LogP) is 2.04. The van der Waals surface area contributed by atoms with Gasteiger partial charge < -0.3 is 5.73 Å². The lowest BCUT2D eigenvalue weighted by molar-refractivity contribution is 0.584. The highest BCUT2D eigenvalue weighted by Gasteiger charge is 2.12. The van der Waals surface area contributed by atoms with Crippen LogP contribution in [0.4, 0.5) is 0 Å². The van der Waals surface area contributed by atoms with Crippen molar-refractivity contribution in [3.63, 3.8) is 0 Å². The second kappa shape index (κ2) is 3.57. The summed E-state index contributed by atoms with van der Waals surface area (Å²) >= 11 is 3.61. The zero-order chi connectivity index (χ0) is 6.69. The SMILES string of the molecule is NC1CCCC(Br)CC1. The molecule has 9 heavy (non-hydrogen) atoms. The number of halogens is 1. The van der Waals surface area contributed by atoms with Crippen molar-refractivity contribution in [2.75, 3.05) is 0 Å². The maximum atomic E-state index is 5.78. The van der Waals surface area contributed by atoms with Gasteiger partial charge >= 0.3 is 0 Å². The maximum Gasteiger partial charge on any atom is 0.0146 e. The third kappa shape index (κ3) is 2.67. The predicted molar refractivity (Wildman–Crippen MR) is 43.8 cm³/mol. The van der Waals surface area contributed by atoms with Crippen LogP contribution in [-0.4, -0.2) is 10.9 Å². The molecule has 0 bridgehead atoms. The Morgan fingerprint density at radius 2 is 1.89 bits per heavy atom. The van der Waals surface area contributed by atoms with Crippen molar-refractivity contribution in [3.8, 4) is 0 Å². The number of hydrogen-bond donors (Lipinski definition) is 1. The minimum absolute atomic E-state index is 0.479. The fourth-order valence-electron chi connectivity index (χ4n) is 1.29. The Morgan fingerprint density at radius 3 is 2.67 bits per heavy atom. The van der Waals surface area contributed by atoms with Gasteiger partial charge in [0.25, 0.3) is 0 Å². The van der Waals surface area contributed by atoms with Crippen LogP contribution in [-0.2, 0) is 0 Å². The Kier molecular flexibility index (Phi) is 2.99. The van der Waals surface area contributed by atoms with Gasteiger partial charge in [-0.2, -0.15) is 0 Å². The van der Waals surface area contributed by atoms with Gasteiger partial charge in [0, 0.05) is 10.9 Å². The highest BCUT2D eigenvalue weighted by molar-refractivity contribution is 9.09. The Hall–Kier alpha value is 0.440. The van der Waals surface area contributed by atoms with E-state index >= 15 is 0 Å². The number of hydrogen-bond acceptors (Lipinski definition) is 1. The number of rotatable bonds is 0. The normalized spacial score (nSPS) is 38.0. The van der Waals surface area contributed by atoms with E-state index in [1.54, 1.807) is 0 Å². The molecule has 1 rings (SSSR count). The molecular formula is C7H14BrN. The first-order valence-corrected chi connectivity index (χ1v) is 4.60. The topological polar surface area (TPSA) is 26.0 Å². The van der Waals surface area contributed by atoms with Gasteiger partial charge in [-0.25, -0.2) is 0 Å². The van der Waals surface area contributed by atoms with Crippen molar-refractivity contribution in [1.29, 1.82) is 0 Å². The van der Waals surface area contributed by atoms with E-state index in [0.717, 1.165) is 4.83 Å². The molecule has 0 aliphatic heterocycles. The summed E-state index contributed by atoms with van der Waals surface area (Å²) in [5, 5.41) is 0. The van der Waals surface area contributed by atoms with Gasteiger partial charge in [-0.1, -0.05) is 22.4 Å². The van der Waals surface area contributed by atoms with Crippen LogP contribution in [0.2, 0.25) is 0 Å². The molecule has 1 saturated carbocycles. The molecule has 0 radical (unpaired) electrons. The van der Waals surface area contributed by atoms with E-state index < -0.39 is 0 Å². The highest BCUT2D eigenvalue weighted by atomic mass is 79.9. The maximum absolute atomic E-state index is 5.78. The Balaban J connectivity index is 2.25. The molecule has 54 valence electrons. The summed E-state index contributed by atoms with van der Waals surface area (Å²) in [6.07, 6.45) is 6.31. The molecular weight excluding hydrogens is 178 g/mol. The smallest absolute Gasteiger partial charge is 0.0146 e. The monoisotopic (exact) mass is 191 g/mol. The first-order chi connectivity index (χ1) is 4.29. The molecule has 1 nitrogen and oxygen atoms in total. The van der Waals surface area contributed by atoms with E-state index in [-0.39, 0.29) is 0 Å². The summed E-state index contributed by atoms with van der Waals surface area (Å²) in [6, 6.07) is 0.479. The highest BCUT2D eigenvalue weighted by Crippen LogP contribution is 2.21. The first-order valence-electron chi connectivity index (χ1n) is 3.68. The van der Waals surface area contributed by atoms with Crippen molar-refractivity contribution in [2.45, 2.75) is 43.0 Å². The molecule has 0 spiro atoms. The molecule has 1 aliphatic carbocycles. The molecule has 2 atom stereocenters. The molecule has 2 heteroatoms. The summed E-state index contributed by atoms with van der Waals surface area (Å²) in [5.74, 6) is 0. The summed E-state index contributed by atoms with van der Waals surface area (Å²) < 4.78 is 0. The molecule has 1 aliphatic rings. The lowest BCUT2D eigenvalue weighted by Gasteiger charge is -2.04. The van der Waals surface area contributed by atoms with Crippen LogP contribution in [0.1, 0.15) is 32.1 Å². The second-order valence-electron chi connectivity index (χ2n) is 2.87. The summed E-state index contributed by atoms with van der Waals surface area (Å²) in [7, 11) is 0. The van der Waals surface area contributed by atoms with E-state index in [2.05, 4.69) is 15.9 Å². The largest absolute Gasteiger partial charge is 0.328 e. The first kappa shape index (κ1) is 7.55. The van der Waals surface area contributed by atoms with E-state index in [0.29, 0.717) is 6.04 Å². The van der Waals surface area contributed by atoms with Crippen LogP contribution in [0, 0.1) is 0 Å². The number of nitrogens with two attached hydrogens (primary N) is 1. The van der Waals surface area contributed by atoms with Crippen molar-refractivity contribution in [3.05, 3.63) is 0 Å². The Morgan fingerprint density at radius 1 is 1.11 bits per heavy atom. The van der Waals surface area contributed by atoms with Crippen LogP contribution < -0.4 is 5.73 Å². The van der Waals surface area contributed by atoms with Crippen LogP contribution in [0.25, 0.3) is 0 Å². The molecule has 0 aromatic carbocycles. The molecule has 0 heterocycles. The minimum Gasteiger partial charge on any atom is -0.328 e. The lowest BCUT2D eigenvalue weighted by Crippen LogP contribution is -2.17. The summed E-state index contributed by atoms with van der Waals surface area (Å²) in [4.78, 5) is 0.742. The van der Waals surface area contributed by atoms with Gasteiger partial charge in [0.15, 0.2) is 0 Å². The molecule has 0 saturated heterocycles. The third-order valence-corrected chi connectivity index (χ3v) is 2.86. The van der Waals surface area contributed by atoms with Crippen molar-refractivity contribution < 1.29 is 0 Å². The summed E-state index contributed by atoms with van der Waals surface area (Å²) in [5.41, 5.74) is 5.78. The average molecular weight is 192 g/mol. The van der Waals surface area contributed by atoms with Crippen molar-refractivity contribution in [1.82, 2.24) is 0 Å². The van der Waals surface area contributed by atoms with Crippen LogP contribution >= 0.6 is 15.9 Å². The minimum atomic E-state index is 0.479. The number of alkyl halides is 1. The van der Waals surface area contributed by atoms with E-state index in [1.165, 1.54) is 32.1 Å². The molecule has 0 aromatic rings. The molecule has 0 amide bonds. The molecule has 2 unspecified atom stereocenters. The van der Waals surface area contributed by atoms with Crippen molar-refractivity contribution >= 4 is 15.9 Å². The van der Waals surface area contributed by atoms with Crippen LogP contribution in [0.3, 0.4) is 0 Å². The van der Waals surface area contributed by atoms with E-state index in [1.807, 2.05) is 0 Å². The quantitative estimate of drug-likeness (QED) is 0.461. The van der Waals surface area contributed by atoms with Gasteiger partial charge in [0.05, 0.1) is 0 Å². The fraction of sp³-hybridized carbons (Fsp3) is 1.00. The zero-order valence-corrected chi connectivity index (χ0v) is 7.23. The van der Waals surface area contributed by atoms with E-state index in [4.69, 9.17) is 5.73 Å². The molecule has 1 fully saturated rings.